The van der Waals surface area contributed by atoms with Crippen molar-refractivity contribution < 1.29 is 19.1 Å². The molecule has 0 spiro atoms. The molecule has 1 heterocycles. The Bertz CT molecular complexity index is 258. The van der Waals surface area contributed by atoms with Crippen LogP contribution in [0.15, 0.2) is 0 Å². The van der Waals surface area contributed by atoms with Crippen LogP contribution in [0, 0.1) is 11.8 Å². The monoisotopic (exact) mass is 198 g/mol. The van der Waals surface area contributed by atoms with Crippen molar-refractivity contribution in [3.63, 3.8) is 0 Å². The lowest BCUT2D eigenvalue weighted by Crippen LogP contribution is -2.49. The standard InChI is InChI=1S/C10H14O4/c1-10(2)13-8(11)7(9(12)14-10)6-4-3-5-6/h6-7H,3-5H2,1-2H3. The van der Waals surface area contributed by atoms with E-state index in [0.29, 0.717) is 0 Å². The predicted octanol–water partition coefficient (Wildman–Crippen LogP) is 1.24. The summed E-state index contributed by atoms with van der Waals surface area (Å²) < 4.78 is 10.1. The highest BCUT2D eigenvalue weighted by Crippen LogP contribution is 2.38. The Balaban J connectivity index is 2.11. The van der Waals surface area contributed by atoms with Crippen molar-refractivity contribution in [2.24, 2.45) is 11.8 Å². The second kappa shape index (κ2) is 2.97. The average molecular weight is 198 g/mol. The van der Waals surface area contributed by atoms with Gasteiger partial charge in [0.05, 0.1) is 0 Å². The molecule has 0 bridgehead atoms. The van der Waals surface area contributed by atoms with Gasteiger partial charge in [-0.25, -0.2) is 0 Å². The Morgan fingerprint density at radius 3 is 2.00 bits per heavy atom. The topological polar surface area (TPSA) is 52.6 Å². The second-order valence-corrected chi connectivity index (χ2v) is 4.41. The van der Waals surface area contributed by atoms with E-state index in [0.717, 1.165) is 19.3 Å². The van der Waals surface area contributed by atoms with E-state index in [1.165, 1.54) is 0 Å². The van der Waals surface area contributed by atoms with Crippen LogP contribution in [0.2, 0.25) is 0 Å². The van der Waals surface area contributed by atoms with Gasteiger partial charge in [0.15, 0.2) is 5.92 Å². The van der Waals surface area contributed by atoms with E-state index in [9.17, 15) is 9.59 Å². The first-order chi connectivity index (χ1) is 6.49. The lowest BCUT2D eigenvalue weighted by molar-refractivity contribution is -0.244. The molecule has 0 aromatic carbocycles. The van der Waals surface area contributed by atoms with Crippen LogP contribution in [0.1, 0.15) is 33.1 Å². The number of hydrogen-bond donors (Lipinski definition) is 0. The molecule has 0 aromatic heterocycles. The first kappa shape index (κ1) is 9.49. The summed E-state index contributed by atoms with van der Waals surface area (Å²) in [6.45, 7) is 3.14. The van der Waals surface area contributed by atoms with Gasteiger partial charge in [-0.1, -0.05) is 6.42 Å². The Kier molecular flexibility index (Phi) is 2.01. The number of hydrogen-bond acceptors (Lipinski definition) is 4. The van der Waals surface area contributed by atoms with Gasteiger partial charge in [-0.05, 0) is 18.8 Å². The normalized spacial score (nSPS) is 27.9. The van der Waals surface area contributed by atoms with Gasteiger partial charge in [0, 0.05) is 13.8 Å². The minimum Gasteiger partial charge on any atom is -0.422 e. The Morgan fingerprint density at radius 1 is 1.14 bits per heavy atom. The van der Waals surface area contributed by atoms with Gasteiger partial charge < -0.3 is 9.47 Å². The summed E-state index contributed by atoms with van der Waals surface area (Å²) in [6.07, 6.45) is 2.94. The molecule has 0 aromatic rings. The van der Waals surface area contributed by atoms with E-state index >= 15 is 0 Å². The van der Waals surface area contributed by atoms with Crippen LogP contribution in [-0.4, -0.2) is 17.7 Å². The zero-order valence-corrected chi connectivity index (χ0v) is 8.41. The Labute approximate surface area is 82.6 Å². The van der Waals surface area contributed by atoms with E-state index in [-0.39, 0.29) is 5.92 Å². The summed E-state index contributed by atoms with van der Waals surface area (Å²) in [6, 6.07) is 0. The van der Waals surface area contributed by atoms with Gasteiger partial charge in [-0.2, -0.15) is 0 Å². The van der Waals surface area contributed by atoms with Crippen LogP contribution in [0.3, 0.4) is 0 Å². The van der Waals surface area contributed by atoms with Crippen molar-refractivity contribution in [1.29, 1.82) is 0 Å². The van der Waals surface area contributed by atoms with Gasteiger partial charge >= 0.3 is 11.9 Å². The first-order valence-electron chi connectivity index (χ1n) is 4.95. The number of carbonyl (C=O) groups excluding carboxylic acids is 2. The van der Waals surface area contributed by atoms with Gasteiger partial charge in [-0.15, -0.1) is 0 Å². The average Bonchev–Trinajstić information content (AvgIpc) is 1.90. The van der Waals surface area contributed by atoms with Gasteiger partial charge in [0.25, 0.3) is 5.79 Å². The van der Waals surface area contributed by atoms with E-state index in [1.54, 1.807) is 13.8 Å². The molecule has 0 radical (unpaired) electrons. The molecular formula is C10H14O4. The quantitative estimate of drug-likeness (QED) is 0.470. The minimum atomic E-state index is -1.09. The molecule has 4 heteroatoms. The molecule has 1 saturated carbocycles. The molecule has 2 rings (SSSR count). The molecule has 14 heavy (non-hydrogen) atoms. The van der Waals surface area contributed by atoms with Crippen LogP contribution in [0.5, 0.6) is 0 Å². The molecular weight excluding hydrogens is 184 g/mol. The fraction of sp³-hybridized carbons (Fsp3) is 0.800. The lowest BCUT2D eigenvalue weighted by atomic mass is 9.75. The predicted molar refractivity (Wildman–Crippen MR) is 47.1 cm³/mol. The maximum absolute atomic E-state index is 11.5. The zero-order chi connectivity index (χ0) is 10.3. The van der Waals surface area contributed by atoms with Crippen LogP contribution in [0.4, 0.5) is 0 Å². The summed E-state index contributed by atoms with van der Waals surface area (Å²) in [5.41, 5.74) is 0. The molecule has 0 atom stereocenters. The van der Waals surface area contributed by atoms with Crippen molar-refractivity contribution in [3.05, 3.63) is 0 Å². The van der Waals surface area contributed by atoms with E-state index in [1.807, 2.05) is 0 Å². The van der Waals surface area contributed by atoms with Crippen molar-refractivity contribution in [2.75, 3.05) is 0 Å². The highest BCUT2D eigenvalue weighted by molar-refractivity contribution is 5.97. The molecule has 4 nitrogen and oxygen atoms in total. The van der Waals surface area contributed by atoms with Crippen molar-refractivity contribution in [3.8, 4) is 0 Å². The second-order valence-electron chi connectivity index (χ2n) is 4.41. The molecule has 1 aliphatic heterocycles. The molecule has 2 fully saturated rings. The molecule has 1 saturated heterocycles. The SMILES string of the molecule is CC1(C)OC(=O)C(C2CCC2)C(=O)O1. The molecule has 0 N–H and O–H groups in total. The Hall–Kier alpha value is -1.06. The van der Waals surface area contributed by atoms with Crippen molar-refractivity contribution in [2.45, 2.75) is 38.9 Å². The number of ether oxygens (including phenoxy) is 2. The third-order valence-electron chi connectivity index (χ3n) is 2.82. The number of esters is 2. The summed E-state index contributed by atoms with van der Waals surface area (Å²) in [4.78, 5) is 23.1. The van der Waals surface area contributed by atoms with E-state index in [4.69, 9.17) is 9.47 Å². The Morgan fingerprint density at radius 2 is 1.64 bits per heavy atom. The number of rotatable bonds is 1. The van der Waals surface area contributed by atoms with Crippen LogP contribution >= 0.6 is 0 Å². The fourth-order valence-corrected chi connectivity index (χ4v) is 1.89. The summed E-state index contributed by atoms with van der Waals surface area (Å²) in [5, 5.41) is 0. The largest absolute Gasteiger partial charge is 0.422 e. The third-order valence-corrected chi connectivity index (χ3v) is 2.82. The maximum atomic E-state index is 11.5. The van der Waals surface area contributed by atoms with Gasteiger partial charge in [0.2, 0.25) is 0 Å². The molecule has 0 unspecified atom stereocenters. The molecule has 0 amide bonds. The highest BCUT2D eigenvalue weighted by atomic mass is 16.7. The van der Waals surface area contributed by atoms with Gasteiger partial charge in [-0.3, -0.25) is 9.59 Å². The first-order valence-corrected chi connectivity index (χ1v) is 4.95. The maximum Gasteiger partial charge on any atom is 0.323 e. The summed E-state index contributed by atoms with van der Waals surface area (Å²) >= 11 is 0. The third kappa shape index (κ3) is 1.49. The van der Waals surface area contributed by atoms with Crippen LogP contribution in [-0.2, 0) is 19.1 Å². The molecule has 2 aliphatic rings. The van der Waals surface area contributed by atoms with Crippen molar-refractivity contribution in [1.82, 2.24) is 0 Å². The summed E-state index contributed by atoms with van der Waals surface area (Å²) in [7, 11) is 0. The molecule has 1 aliphatic carbocycles. The highest BCUT2D eigenvalue weighted by Gasteiger charge is 2.48. The zero-order valence-electron chi connectivity index (χ0n) is 8.41. The smallest absolute Gasteiger partial charge is 0.323 e. The van der Waals surface area contributed by atoms with Crippen molar-refractivity contribution >= 4 is 11.9 Å². The van der Waals surface area contributed by atoms with Gasteiger partial charge in [0.1, 0.15) is 0 Å². The van der Waals surface area contributed by atoms with E-state index in [2.05, 4.69) is 0 Å². The minimum absolute atomic E-state index is 0.145. The molecule has 78 valence electrons. The number of cyclic esters (lactones) is 2. The number of carbonyl (C=O) groups is 2. The fourth-order valence-electron chi connectivity index (χ4n) is 1.89. The lowest BCUT2D eigenvalue weighted by Gasteiger charge is -2.38. The summed E-state index contributed by atoms with van der Waals surface area (Å²) in [5.74, 6) is -2.45. The van der Waals surface area contributed by atoms with Crippen LogP contribution in [0.25, 0.3) is 0 Å². The van der Waals surface area contributed by atoms with Crippen LogP contribution < -0.4 is 0 Å². The van der Waals surface area contributed by atoms with E-state index < -0.39 is 23.6 Å².